The summed E-state index contributed by atoms with van der Waals surface area (Å²) in [5, 5.41) is 0. The van der Waals surface area contributed by atoms with Crippen LogP contribution in [0.15, 0.2) is 50.2 Å². The van der Waals surface area contributed by atoms with E-state index in [0.29, 0.717) is 33.8 Å². The lowest BCUT2D eigenvalue weighted by Gasteiger charge is -2.22. The van der Waals surface area contributed by atoms with Crippen molar-refractivity contribution in [2.45, 2.75) is 13.8 Å². The van der Waals surface area contributed by atoms with E-state index in [1.165, 1.54) is 16.7 Å². The number of likely N-dealkylation sites (N-methyl/N-ethyl adjacent to an activating group) is 1. The lowest BCUT2D eigenvalue weighted by molar-refractivity contribution is -0.135. The first kappa shape index (κ1) is 20.8. The molecule has 1 aliphatic rings. The van der Waals surface area contributed by atoms with E-state index in [2.05, 4.69) is 15.9 Å². The summed E-state index contributed by atoms with van der Waals surface area (Å²) in [4.78, 5) is 28.5. The van der Waals surface area contributed by atoms with Crippen LogP contribution < -0.4 is 0 Å². The molecule has 1 saturated heterocycles. The van der Waals surface area contributed by atoms with Crippen molar-refractivity contribution >= 4 is 62.1 Å². The molecule has 1 fully saturated rings. The fourth-order valence-corrected chi connectivity index (χ4v) is 4.28. The van der Waals surface area contributed by atoms with E-state index in [9.17, 15) is 9.59 Å². The fourth-order valence-electron chi connectivity index (χ4n) is 2.78. The van der Waals surface area contributed by atoms with Gasteiger partial charge in [0.2, 0.25) is 5.91 Å². The number of hydrogen-bond acceptors (Lipinski definition) is 5. The Hall–Kier alpha value is -1.90. The number of amides is 2. The summed E-state index contributed by atoms with van der Waals surface area (Å²) in [5.74, 6) is 0.898. The molecule has 1 aliphatic heterocycles. The van der Waals surface area contributed by atoms with Gasteiger partial charge >= 0.3 is 0 Å². The van der Waals surface area contributed by atoms with Crippen LogP contribution in [0.2, 0.25) is 0 Å². The van der Waals surface area contributed by atoms with Gasteiger partial charge in [0.15, 0.2) is 0 Å². The number of benzene rings is 1. The maximum atomic E-state index is 12.7. The Kier molecular flexibility index (Phi) is 6.74. The van der Waals surface area contributed by atoms with Crippen LogP contribution in [0.1, 0.15) is 19.6 Å². The Morgan fingerprint density at radius 1 is 1.21 bits per heavy atom. The summed E-state index contributed by atoms with van der Waals surface area (Å²) in [6, 6.07) is 11.5. The van der Waals surface area contributed by atoms with E-state index >= 15 is 0 Å². The molecule has 2 heterocycles. The molecule has 0 unspecified atom stereocenters. The van der Waals surface area contributed by atoms with Gasteiger partial charge in [-0.25, -0.2) is 0 Å². The molecule has 0 N–H and O–H groups in total. The number of nitrogens with zero attached hydrogens (tertiary/aromatic N) is 2. The third-order valence-electron chi connectivity index (χ3n) is 4.31. The number of halogens is 1. The molecule has 2 aromatic rings. The number of carbonyl (C=O) groups is 2. The minimum Gasteiger partial charge on any atom is -0.457 e. The van der Waals surface area contributed by atoms with Crippen LogP contribution in [0.5, 0.6) is 0 Å². The van der Waals surface area contributed by atoms with E-state index in [4.69, 9.17) is 16.6 Å². The zero-order chi connectivity index (χ0) is 20.3. The van der Waals surface area contributed by atoms with Gasteiger partial charge in [-0.2, -0.15) is 0 Å². The molecule has 146 valence electrons. The van der Waals surface area contributed by atoms with Gasteiger partial charge in [-0.15, -0.1) is 0 Å². The summed E-state index contributed by atoms with van der Waals surface area (Å²) in [6.45, 7) is 4.99. The average Bonchev–Trinajstić information content (AvgIpc) is 3.24. The van der Waals surface area contributed by atoms with E-state index in [1.54, 1.807) is 11.0 Å². The molecule has 28 heavy (non-hydrogen) atoms. The van der Waals surface area contributed by atoms with Crippen LogP contribution >= 0.6 is 39.9 Å². The van der Waals surface area contributed by atoms with Crippen molar-refractivity contribution in [2.75, 3.05) is 19.6 Å². The monoisotopic (exact) mass is 478 g/mol. The van der Waals surface area contributed by atoms with E-state index in [-0.39, 0.29) is 18.4 Å². The molecular formula is C20H19BrN2O3S2. The topological polar surface area (TPSA) is 53.8 Å². The minimum atomic E-state index is -0.267. The third-order valence-corrected chi connectivity index (χ3v) is 6.22. The molecule has 0 spiro atoms. The summed E-state index contributed by atoms with van der Waals surface area (Å²) >= 11 is 9.90. The van der Waals surface area contributed by atoms with E-state index in [1.807, 2.05) is 50.2 Å². The van der Waals surface area contributed by atoms with Crippen LogP contribution in [0.3, 0.4) is 0 Å². The van der Waals surface area contributed by atoms with Crippen molar-refractivity contribution in [1.82, 2.24) is 9.80 Å². The van der Waals surface area contributed by atoms with E-state index < -0.39 is 0 Å². The van der Waals surface area contributed by atoms with Crippen LogP contribution in [-0.2, 0) is 9.59 Å². The second-order valence-electron chi connectivity index (χ2n) is 6.04. The van der Waals surface area contributed by atoms with Crippen molar-refractivity contribution < 1.29 is 14.0 Å². The molecule has 0 atom stereocenters. The Morgan fingerprint density at radius 2 is 1.89 bits per heavy atom. The molecule has 1 aromatic heterocycles. The highest BCUT2D eigenvalue weighted by atomic mass is 79.9. The first-order valence-electron chi connectivity index (χ1n) is 8.81. The molecule has 1 aromatic carbocycles. The predicted octanol–water partition coefficient (Wildman–Crippen LogP) is 4.78. The van der Waals surface area contributed by atoms with Gasteiger partial charge in [0.25, 0.3) is 5.91 Å². The maximum absolute atomic E-state index is 12.7. The Bertz CT molecular complexity index is 933. The molecule has 0 aliphatic carbocycles. The highest BCUT2D eigenvalue weighted by Crippen LogP contribution is 2.33. The molecular weight excluding hydrogens is 460 g/mol. The summed E-state index contributed by atoms with van der Waals surface area (Å²) in [7, 11) is 0. The summed E-state index contributed by atoms with van der Waals surface area (Å²) in [6.07, 6.45) is 1.67. The van der Waals surface area contributed by atoms with Crippen LogP contribution in [0.4, 0.5) is 0 Å². The molecule has 5 nitrogen and oxygen atoms in total. The summed E-state index contributed by atoms with van der Waals surface area (Å²) in [5.41, 5.74) is 0.945. The Balaban J connectivity index is 1.75. The first-order valence-corrected chi connectivity index (χ1v) is 10.8. The highest BCUT2D eigenvalue weighted by molar-refractivity contribution is 9.10. The number of furan rings is 1. The molecule has 0 saturated carbocycles. The lowest BCUT2D eigenvalue weighted by atomic mass is 10.2. The Labute approximate surface area is 181 Å². The average molecular weight is 479 g/mol. The van der Waals surface area contributed by atoms with Crippen molar-refractivity contribution in [2.24, 2.45) is 0 Å². The number of rotatable bonds is 6. The largest absolute Gasteiger partial charge is 0.457 e. The maximum Gasteiger partial charge on any atom is 0.266 e. The molecule has 2 amide bonds. The number of hydrogen-bond donors (Lipinski definition) is 0. The molecule has 8 heteroatoms. The van der Waals surface area contributed by atoms with Crippen LogP contribution in [0, 0.1) is 0 Å². The number of thioether (sulfide) groups is 1. The first-order chi connectivity index (χ1) is 13.4. The van der Waals surface area contributed by atoms with E-state index in [0.717, 1.165) is 10.0 Å². The second kappa shape index (κ2) is 9.07. The van der Waals surface area contributed by atoms with Gasteiger partial charge in [0, 0.05) is 29.2 Å². The molecule has 0 radical (unpaired) electrons. The van der Waals surface area contributed by atoms with Crippen LogP contribution in [-0.4, -0.2) is 45.6 Å². The quantitative estimate of drug-likeness (QED) is 0.441. The zero-order valence-corrected chi connectivity index (χ0v) is 18.7. The van der Waals surface area contributed by atoms with Gasteiger partial charge in [-0.05, 0) is 38.1 Å². The molecule has 0 bridgehead atoms. The van der Waals surface area contributed by atoms with Gasteiger partial charge in [-0.1, -0.05) is 52.0 Å². The number of thiocarbonyl (C=S) groups is 1. The van der Waals surface area contributed by atoms with Gasteiger partial charge in [0.1, 0.15) is 22.4 Å². The SMILES string of the molecule is CCN(CC)C(=O)CN1C(=O)/C(=C/c2ccc(-c3ccc(Br)cc3)o2)SC1=S. The number of carbonyl (C=O) groups excluding carboxylic acids is 2. The predicted molar refractivity (Wildman–Crippen MR) is 120 cm³/mol. The van der Waals surface area contributed by atoms with Crippen molar-refractivity contribution in [3.63, 3.8) is 0 Å². The van der Waals surface area contributed by atoms with Crippen LogP contribution in [0.25, 0.3) is 17.4 Å². The fraction of sp³-hybridized carbons (Fsp3) is 0.250. The van der Waals surface area contributed by atoms with Gasteiger partial charge in [-0.3, -0.25) is 14.5 Å². The van der Waals surface area contributed by atoms with Gasteiger partial charge < -0.3 is 9.32 Å². The summed E-state index contributed by atoms with van der Waals surface area (Å²) < 4.78 is 7.23. The Morgan fingerprint density at radius 3 is 2.54 bits per heavy atom. The van der Waals surface area contributed by atoms with Crippen molar-refractivity contribution in [3.8, 4) is 11.3 Å². The second-order valence-corrected chi connectivity index (χ2v) is 8.63. The zero-order valence-electron chi connectivity index (χ0n) is 15.5. The normalized spacial score (nSPS) is 15.5. The van der Waals surface area contributed by atoms with Gasteiger partial charge in [0.05, 0.1) is 4.91 Å². The smallest absolute Gasteiger partial charge is 0.266 e. The van der Waals surface area contributed by atoms with Crippen molar-refractivity contribution in [1.29, 1.82) is 0 Å². The minimum absolute atomic E-state index is 0.0357. The standard InChI is InChI=1S/C20H19BrN2O3S2/c1-3-22(4-2)18(24)12-23-19(25)17(28-20(23)27)11-15-9-10-16(26-15)13-5-7-14(21)8-6-13/h5-11H,3-4,12H2,1-2H3/b17-11-. The van der Waals surface area contributed by atoms with Crippen molar-refractivity contribution in [3.05, 3.63) is 51.5 Å². The lowest BCUT2D eigenvalue weighted by Crippen LogP contribution is -2.41. The third kappa shape index (κ3) is 4.56. The highest BCUT2D eigenvalue weighted by Gasteiger charge is 2.34. The molecule has 3 rings (SSSR count).